The van der Waals surface area contributed by atoms with Crippen LogP contribution in [0.2, 0.25) is 0 Å². The summed E-state index contributed by atoms with van der Waals surface area (Å²) in [6.45, 7) is 1.60. The van der Waals surface area contributed by atoms with E-state index in [0.29, 0.717) is 25.3 Å². The first-order valence-corrected chi connectivity index (χ1v) is 6.60. The van der Waals surface area contributed by atoms with Crippen LogP contribution in [0.3, 0.4) is 0 Å². The van der Waals surface area contributed by atoms with Gasteiger partial charge in [-0.3, -0.25) is 14.9 Å². The number of rotatable bonds is 4. The summed E-state index contributed by atoms with van der Waals surface area (Å²) in [4.78, 5) is 24.6. The van der Waals surface area contributed by atoms with Crippen LogP contribution >= 0.6 is 0 Å². The average Bonchev–Trinajstić information content (AvgIpc) is 2.53. The van der Waals surface area contributed by atoms with Gasteiger partial charge in [-0.2, -0.15) is 0 Å². The lowest BCUT2D eigenvalue weighted by atomic mass is 10.1. The second-order valence-electron chi connectivity index (χ2n) is 4.61. The first kappa shape index (κ1) is 15.0. The normalized spacial score (nSPS) is 18.2. The summed E-state index contributed by atoms with van der Waals surface area (Å²) in [6, 6.07) is 4.37. The molecular formula is C13H18N4O4. The minimum atomic E-state index is -0.491. The summed E-state index contributed by atoms with van der Waals surface area (Å²) >= 11 is 0. The highest BCUT2D eigenvalue weighted by Crippen LogP contribution is 2.37. The molecule has 0 radical (unpaired) electrons. The van der Waals surface area contributed by atoms with Crippen molar-refractivity contribution in [2.75, 3.05) is 38.7 Å². The zero-order chi connectivity index (χ0) is 15.4. The van der Waals surface area contributed by atoms with Gasteiger partial charge in [0.25, 0.3) is 0 Å². The molecule has 0 aliphatic carbocycles. The monoisotopic (exact) mass is 294 g/mol. The van der Waals surface area contributed by atoms with Gasteiger partial charge in [0.05, 0.1) is 12.0 Å². The molecule has 0 spiro atoms. The van der Waals surface area contributed by atoms with E-state index in [1.165, 1.54) is 7.11 Å². The molecule has 1 saturated heterocycles. The van der Waals surface area contributed by atoms with Crippen LogP contribution in [0.1, 0.15) is 0 Å². The van der Waals surface area contributed by atoms with Crippen LogP contribution in [-0.4, -0.2) is 50.7 Å². The molecule has 0 aromatic heterocycles. The van der Waals surface area contributed by atoms with Crippen molar-refractivity contribution in [2.24, 2.45) is 0 Å². The summed E-state index contributed by atoms with van der Waals surface area (Å²) in [5.74, 6) is 0.00556. The van der Waals surface area contributed by atoms with Crippen LogP contribution in [0.5, 0.6) is 5.75 Å². The number of amides is 1. The number of ether oxygens (including phenoxy) is 1. The molecule has 1 aromatic rings. The Labute approximate surface area is 122 Å². The number of para-hydroxylation sites is 1. The Balaban J connectivity index is 2.48. The molecule has 1 aliphatic rings. The van der Waals surface area contributed by atoms with Gasteiger partial charge in [0.1, 0.15) is 11.7 Å². The van der Waals surface area contributed by atoms with Gasteiger partial charge in [0.15, 0.2) is 5.75 Å². The second-order valence-corrected chi connectivity index (χ2v) is 4.61. The van der Waals surface area contributed by atoms with Crippen molar-refractivity contribution in [1.82, 2.24) is 10.6 Å². The van der Waals surface area contributed by atoms with Gasteiger partial charge in [0.2, 0.25) is 5.91 Å². The first-order valence-electron chi connectivity index (χ1n) is 6.60. The van der Waals surface area contributed by atoms with E-state index in [0.717, 1.165) is 0 Å². The Morgan fingerprint density at radius 1 is 1.57 bits per heavy atom. The molecule has 2 rings (SSSR count). The smallest absolute Gasteiger partial charge is 0.333 e. The highest BCUT2D eigenvalue weighted by molar-refractivity contribution is 5.87. The lowest BCUT2D eigenvalue weighted by Gasteiger charge is -2.36. The van der Waals surface area contributed by atoms with Crippen LogP contribution in [0, 0.1) is 10.1 Å². The van der Waals surface area contributed by atoms with Crippen molar-refractivity contribution < 1.29 is 14.5 Å². The van der Waals surface area contributed by atoms with Crippen molar-refractivity contribution in [2.45, 2.75) is 6.04 Å². The summed E-state index contributed by atoms with van der Waals surface area (Å²) in [7, 11) is 2.94. The Hall–Kier alpha value is -2.35. The fraction of sp³-hybridized carbons (Fsp3) is 0.462. The van der Waals surface area contributed by atoms with E-state index in [1.807, 2.05) is 0 Å². The molecule has 8 nitrogen and oxygen atoms in total. The minimum Gasteiger partial charge on any atom is -0.490 e. The number of nitro groups is 1. The van der Waals surface area contributed by atoms with Crippen molar-refractivity contribution in [1.29, 1.82) is 0 Å². The van der Waals surface area contributed by atoms with E-state index in [2.05, 4.69) is 10.6 Å². The molecular weight excluding hydrogens is 276 g/mol. The molecule has 2 N–H and O–H groups in total. The number of anilines is 1. The standard InChI is InChI=1S/C13H18N4O4/c1-14-13(18)10-8-15-6-7-16(10)9-4-3-5-11(21-2)12(9)17(19)20/h3-5,10,15H,6-8H2,1-2H3,(H,14,18). The van der Waals surface area contributed by atoms with Crippen molar-refractivity contribution in [3.05, 3.63) is 28.3 Å². The van der Waals surface area contributed by atoms with Gasteiger partial charge in [-0.05, 0) is 12.1 Å². The molecule has 0 bridgehead atoms. The fourth-order valence-electron chi connectivity index (χ4n) is 2.48. The molecule has 1 fully saturated rings. The van der Waals surface area contributed by atoms with Gasteiger partial charge in [-0.1, -0.05) is 6.07 Å². The van der Waals surface area contributed by atoms with Crippen molar-refractivity contribution in [3.63, 3.8) is 0 Å². The Kier molecular flexibility index (Phi) is 4.59. The predicted octanol–water partition coefficient (Wildman–Crippen LogP) is 0.128. The number of methoxy groups -OCH3 is 1. The SMILES string of the molecule is CNC(=O)C1CNCCN1c1cccc(OC)c1[N+](=O)[O-]. The molecule has 1 atom stereocenters. The molecule has 21 heavy (non-hydrogen) atoms. The number of nitro benzene ring substituents is 1. The highest BCUT2D eigenvalue weighted by Gasteiger charge is 2.33. The molecule has 1 aromatic carbocycles. The third-order valence-electron chi connectivity index (χ3n) is 3.48. The van der Waals surface area contributed by atoms with Gasteiger partial charge in [-0.15, -0.1) is 0 Å². The number of hydrogen-bond acceptors (Lipinski definition) is 6. The maximum atomic E-state index is 12.0. The highest BCUT2D eigenvalue weighted by atomic mass is 16.6. The average molecular weight is 294 g/mol. The number of benzene rings is 1. The molecule has 1 heterocycles. The summed E-state index contributed by atoms with van der Waals surface area (Å²) < 4.78 is 5.08. The molecule has 1 unspecified atom stereocenters. The number of carbonyl (C=O) groups excluding carboxylic acids is 1. The van der Waals surface area contributed by atoms with Crippen LogP contribution < -0.4 is 20.3 Å². The molecule has 8 heteroatoms. The van der Waals surface area contributed by atoms with Crippen molar-refractivity contribution in [3.8, 4) is 5.75 Å². The maximum absolute atomic E-state index is 12.0. The summed E-state index contributed by atoms with van der Waals surface area (Å²) in [5, 5.41) is 17.1. The van der Waals surface area contributed by atoms with E-state index in [1.54, 1.807) is 30.1 Å². The first-order chi connectivity index (χ1) is 10.1. The number of nitrogens with one attached hydrogen (secondary N) is 2. The van der Waals surface area contributed by atoms with E-state index < -0.39 is 11.0 Å². The number of piperazine rings is 1. The number of carbonyl (C=O) groups is 1. The zero-order valence-corrected chi connectivity index (χ0v) is 12.0. The van der Waals surface area contributed by atoms with Gasteiger partial charge in [-0.25, -0.2) is 0 Å². The summed E-state index contributed by atoms with van der Waals surface area (Å²) in [5.41, 5.74) is 0.283. The number of likely N-dealkylation sites (N-methyl/N-ethyl adjacent to an activating group) is 1. The van der Waals surface area contributed by atoms with Gasteiger partial charge >= 0.3 is 5.69 Å². The molecule has 114 valence electrons. The predicted molar refractivity (Wildman–Crippen MR) is 77.7 cm³/mol. The number of hydrogen-bond donors (Lipinski definition) is 2. The van der Waals surface area contributed by atoms with Crippen LogP contribution in [0.4, 0.5) is 11.4 Å². The van der Waals surface area contributed by atoms with Gasteiger partial charge in [0, 0.05) is 26.7 Å². The minimum absolute atomic E-state index is 0.115. The lowest BCUT2D eigenvalue weighted by Crippen LogP contribution is -2.57. The number of nitrogens with zero attached hydrogens (tertiary/aromatic N) is 2. The van der Waals surface area contributed by atoms with Crippen molar-refractivity contribution >= 4 is 17.3 Å². The topological polar surface area (TPSA) is 96.7 Å². The van der Waals surface area contributed by atoms with Crippen LogP contribution in [0.25, 0.3) is 0 Å². The molecule has 1 amide bonds. The molecule has 1 aliphatic heterocycles. The van der Waals surface area contributed by atoms with E-state index in [9.17, 15) is 14.9 Å². The maximum Gasteiger partial charge on any atom is 0.333 e. The summed E-state index contributed by atoms with van der Waals surface area (Å²) in [6.07, 6.45) is 0. The molecule has 0 saturated carbocycles. The largest absolute Gasteiger partial charge is 0.490 e. The Morgan fingerprint density at radius 2 is 2.33 bits per heavy atom. The third-order valence-corrected chi connectivity index (χ3v) is 3.48. The zero-order valence-electron chi connectivity index (χ0n) is 12.0. The lowest BCUT2D eigenvalue weighted by molar-refractivity contribution is -0.385. The second kappa shape index (κ2) is 6.40. The van der Waals surface area contributed by atoms with E-state index >= 15 is 0 Å². The fourth-order valence-corrected chi connectivity index (χ4v) is 2.48. The quantitative estimate of drug-likeness (QED) is 0.605. The van der Waals surface area contributed by atoms with Crippen LogP contribution in [0.15, 0.2) is 18.2 Å². The van der Waals surface area contributed by atoms with Gasteiger partial charge < -0.3 is 20.3 Å². The van der Waals surface area contributed by atoms with E-state index in [4.69, 9.17) is 4.74 Å². The Bertz CT molecular complexity index is 549. The van der Waals surface area contributed by atoms with E-state index in [-0.39, 0.29) is 17.3 Å². The van der Waals surface area contributed by atoms with Crippen LogP contribution in [-0.2, 0) is 4.79 Å². The third kappa shape index (κ3) is 2.89. The Morgan fingerprint density at radius 3 is 2.95 bits per heavy atom.